The van der Waals surface area contributed by atoms with Gasteiger partial charge >= 0.3 is 0 Å². The lowest BCUT2D eigenvalue weighted by atomic mass is 9.71. The van der Waals surface area contributed by atoms with Crippen molar-refractivity contribution < 1.29 is 0 Å². The minimum atomic E-state index is 0. The van der Waals surface area contributed by atoms with E-state index in [1.807, 2.05) is 0 Å². The molecule has 1 rings (SSSR count). The standard InChI is InChI=1S/C11H23N.ClH/c1-11(2,9-12-3)10-7-5-4-6-8-10;/h10,12H,4-9H2,1-3H3;1H. The average molecular weight is 206 g/mol. The number of hydrogen-bond donors (Lipinski definition) is 1. The van der Waals surface area contributed by atoms with Gasteiger partial charge in [-0.05, 0) is 31.2 Å². The Bertz CT molecular complexity index is 128. The largest absolute Gasteiger partial charge is 0.319 e. The zero-order chi connectivity index (χ0) is 9.03. The van der Waals surface area contributed by atoms with Crippen LogP contribution in [0.3, 0.4) is 0 Å². The second kappa shape index (κ2) is 5.87. The summed E-state index contributed by atoms with van der Waals surface area (Å²) in [7, 11) is 2.06. The quantitative estimate of drug-likeness (QED) is 0.746. The van der Waals surface area contributed by atoms with Crippen LogP contribution in [0.4, 0.5) is 0 Å². The minimum absolute atomic E-state index is 0. The van der Waals surface area contributed by atoms with Gasteiger partial charge in [0.05, 0.1) is 0 Å². The molecule has 0 aliphatic heterocycles. The van der Waals surface area contributed by atoms with E-state index in [-0.39, 0.29) is 12.4 Å². The summed E-state index contributed by atoms with van der Waals surface area (Å²) in [4.78, 5) is 0. The van der Waals surface area contributed by atoms with Gasteiger partial charge in [0, 0.05) is 6.54 Å². The Hall–Kier alpha value is 0.250. The Morgan fingerprint density at radius 3 is 2.15 bits per heavy atom. The summed E-state index contributed by atoms with van der Waals surface area (Å²) in [5.41, 5.74) is 0.509. The van der Waals surface area contributed by atoms with E-state index in [1.165, 1.54) is 32.1 Å². The van der Waals surface area contributed by atoms with Crippen LogP contribution in [0.2, 0.25) is 0 Å². The van der Waals surface area contributed by atoms with Crippen molar-refractivity contribution in [3.8, 4) is 0 Å². The molecule has 1 aliphatic rings. The molecule has 2 heteroatoms. The van der Waals surface area contributed by atoms with Crippen molar-refractivity contribution in [3.63, 3.8) is 0 Å². The Morgan fingerprint density at radius 1 is 1.15 bits per heavy atom. The third-order valence-corrected chi connectivity index (χ3v) is 3.34. The Labute approximate surface area is 89.1 Å². The van der Waals surface area contributed by atoms with Crippen molar-refractivity contribution in [2.45, 2.75) is 46.0 Å². The molecule has 80 valence electrons. The molecule has 1 fully saturated rings. The van der Waals surface area contributed by atoms with Crippen LogP contribution >= 0.6 is 12.4 Å². The number of halogens is 1. The van der Waals surface area contributed by atoms with E-state index in [9.17, 15) is 0 Å². The predicted octanol–water partition coefficient (Wildman–Crippen LogP) is 3.23. The van der Waals surface area contributed by atoms with Crippen LogP contribution < -0.4 is 5.32 Å². The lowest BCUT2D eigenvalue weighted by Gasteiger charge is -2.36. The van der Waals surface area contributed by atoms with E-state index in [0.29, 0.717) is 5.41 Å². The fourth-order valence-corrected chi connectivity index (χ4v) is 2.48. The Kier molecular flexibility index (Phi) is 5.98. The van der Waals surface area contributed by atoms with Gasteiger partial charge in [-0.15, -0.1) is 12.4 Å². The molecular weight excluding hydrogens is 182 g/mol. The zero-order valence-electron chi connectivity index (χ0n) is 9.23. The molecule has 0 aromatic rings. The normalized spacial score (nSPS) is 19.6. The lowest BCUT2D eigenvalue weighted by molar-refractivity contribution is 0.157. The van der Waals surface area contributed by atoms with E-state index in [1.54, 1.807) is 0 Å². The molecule has 1 aliphatic carbocycles. The van der Waals surface area contributed by atoms with Crippen LogP contribution in [0, 0.1) is 11.3 Å². The van der Waals surface area contributed by atoms with E-state index >= 15 is 0 Å². The first kappa shape index (κ1) is 13.2. The lowest BCUT2D eigenvalue weighted by Crippen LogP contribution is -2.35. The summed E-state index contributed by atoms with van der Waals surface area (Å²) in [5.74, 6) is 0.957. The molecule has 0 unspecified atom stereocenters. The van der Waals surface area contributed by atoms with Gasteiger partial charge in [0.2, 0.25) is 0 Å². The summed E-state index contributed by atoms with van der Waals surface area (Å²) in [6, 6.07) is 0. The van der Waals surface area contributed by atoms with Crippen LogP contribution in [-0.2, 0) is 0 Å². The highest BCUT2D eigenvalue weighted by Gasteiger charge is 2.29. The van der Waals surface area contributed by atoms with Gasteiger partial charge < -0.3 is 5.32 Å². The van der Waals surface area contributed by atoms with Crippen molar-refractivity contribution in [1.82, 2.24) is 5.32 Å². The summed E-state index contributed by atoms with van der Waals surface area (Å²) in [6.07, 6.45) is 7.28. The van der Waals surface area contributed by atoms with Gasteiger partial charge in [-0.1, -0.05) is 33.1 Å². The second-order valence-corrected chi connectivity index (χ2v) is 4.85. The van der Waals surface area contributed by atoms with Crippen LogP contribution in [0.15, 0.2) is 0 Å². The third kappa shape index (κ3) is 3.86. The van der Waals surface area contributed by atoms with Crippen molar-refractivity contribution >= 4 is 12.4 Å². The molecule has 13 heavy (non-hydrogen) atoms. The van der Waals surface area contributed by atoms with Crippen LogP contribution in [0.5, 0.6) is 0 Å². The second-order valence-electron chi connectivity index (χ2n) is 4.85. The minimum Gasteiger partial charge on any atom is -0.319 e. The molecular formula is C11H24ClN. The van der Waals surface area contributed by atoms with Gasteiger partial charge in [-0.3, -0.25) is 0 Å². The Balaban J connectivity index is 0.00000144. The van der Waals surface area contributed by atoms with Crippen LogP contribution in [0.25, 0.3) is 0 Å². The average Bonchev–Trinajstić information content (AvgIpc) is 2.06. The van der Waals surface area contributed by atoms with Gasteiger partial charge in [0.1, 0.15) is 0 Å². The summed E-state index contributed by atoms with van der Waals surface area (Å²) >= 11 is 0. The molecule has 0 saturated heterocycles. The highest BCUT2D eigenvalue weighted by atomic mass is 35.5. The predicted molar refractivity (Wildman–Crippen MR) is 61.5 cm³/mol. The monoisotopic (exact) mass is 205 g/mol. The SMILES string of the molecule is CNCC(C)(C)C1CCCCC1.Cl. The maximum absolute atomic E-state index is 3.31. The molecule has 0 atom stereocenters. The van der Waals surface area contributed by atoms with E-state index < -0.39 is 0 Å². The smallest absolute Gasteiger partial charge is 0.000216 e. The first-order valence-electron chi connectivity index (χ1n) is 5.31. The van der Waals surface area contributed by atoms with Gasteiger partial charge in [-0.25, -0.2) is 0 Å². The molecule has 0 amide bonds. The molecule has 1 saturated carbocycles. The van der Waals surface area contributed by atoms with Crippen molar-refractivity contribution in [2.75, 3.05) is 13.6 Å². The maximum Gasteiger partial charge on any atom is 0.000216 e. The van der Waals surface area contributed by atoms with Crippen LogP contribution in [-0.4, -0.2) is 13.6 Å². The van der Waals surface area contributed by atoms with E-state index in [4.69, 9.17) is 0 Å². The molecule has 0 heterocycles. The summed E-state index contributed by atoms with van der Waals surface area (Å²) in [5, 5.41) is 3.31. The van der Waals surface area contributed by atoms with E-state index in [2.05, 4.69) is 26.2 Å². The van der Waals surface area contributed by atoms with Gasteiger partial charge in [0.25, 0.3) is 0 Å². The van der Waals surface area contributed by atoms with Gasteiger partial charge in [0.15, 0.2) is 0 Å². The summed E-state index contributed by atoms with van der Waals surface area (Å²) in [6.45, 7) is 5.97. The molecule has 0 aromatic heterocycles. The number of nitrogens with one attached hydrogen (secondary N) is 1. The topological polar surface area (TPSA) is 12.0 Å². The Morgan fingerprint density at radius 2 is 1.69 bits per heavy atom. The number of rotatable bonds is 3. The highest BCUT2D eigenvalue weighted by Crippen LogP contribution is 2.37. The molecule has 0 bridgehead atoms. The highest BCUT2D eigenvalue weighted by molar-refractivity contribution is 5.85. The zero-order valence-corrected chi connectivity index (χ0v) is 10.0. The van der Waals surface area contributed by atoms with Crippen molar-refractivity contribution in [2.24, 2.45) is 11.3 Å². The fraction of sp³-hybridized carbons (Fsp3) is 1.00. The van der Waals surface area contributed by atoms with Crippen molar-refractivity contribution in [3.05, 3.63) is 0 Å². The summed E-state index contributed by atoms with van der Waals surface area (Å²) < 4.78 is 0. The van der Waals surface area contributed by atoms with Crippen LogP contribution in [0.1, 0.15) is 46.0 Å². The number of hydrogen-bond acceptors (Lipinski definition) is 1. The van der Waals surface area contributed by atoms with Crippen molar-refractivity contribution in [1.29, 1.82) is 0 Å². The third-order valence-electron chi connectivity index (χ3n) is 3.34. The fourth-order valence-electron chi connectivity index (χ4n) is 2.48. The molecule has 0 radical (unpaired) electrons. The molecule has 0 spiro atoms. The van der Waals surface area contributed by atoms with E-state index in [0.717, 1.165) is 12.5 Å². The molecule has 1 N–H and O–H groups in total. The van der Waals surface area contributed by atoms with Gasteiger partial charge in [-0.2, -0.15) is 0 Å². The first-order chi connectivity index (χ1) is 5.67. The maximum atomic E-state index is 3.31. The first-order valence-corrected chi connectivity index (χ1v) is 5.31. The molecule has 1 nitrogen and oxygen atoms in total. The molecule has 0 aromatic carbocycles.